The van der Waals surface area contributed by atoms with Crippen LogP contribution >= 0.6 is 0 Å². The van der Waals surface area contributed by atoms with E-state index in [-0.39, 0.29) is 17.6 Å². The summed E-state index contributed by atoms with van der Waals surface area (Å²) < 4.78 is 19.2. The zero-order valence-corrected chi connectivity index (χ0v) is 15.5. The fourth-order valence-corrected chi connectivity index (χ4v) is 3.56. The van der Waals surface area contributed by atoms with Crippen molar-refractivity contribution in [1.82, 2.24) is 9.97 Å². The molecular weight excluding hydrogens is 359 g/mol. The van der Waals surface area contributed by atoms with Gasteiger partial charge in [0.15, 0.2) is 0 Å². The number of halogens is 1. The molecule has 28 heavy (non-hydrogen) atoms. The number of hydrogen-bond donors (Lipinski definition) is 3. The minimum atomic E-state index is -0.557. The number of aromatic amines is 1. The normalized spacial score (nSPS) is 16.2. The van der Waals surface area contributed by atoms with Crippen LogP contribution in [0.5, 0.6) is 0 Å². The number of nitrogens with zero attached hydrogens (tertiary/aromatic N) is 1. The summed E-state index contributed by atoms with van der Waals surface area (Å²) in [4.78, 5) is 20.2. The van der Waals surface area contributed by atoms with Gasteiger partial charge in [-0.2, -0.15) is 0 Å². The molecule has 2 aromatic carbocycles. The van der Waals surface area contributed by atoms with Crippen molar-refractivity contribution in [3.05, 3.63) is 59.7 Å². The monoisotopic (exact) mass is 382 g/mol. The van der Waals surface area contributed by atoms with E-state index in [0.29, 0.717) is 36.7 Å². The van der Waals surface area contributed by atoms with Gasteiger partial charge in [0.05, 0.1) is 17.1 Å². The molecule has 2 heterocycles. The molecular formula is C21H23FN4O2. The third kappa shape index (κ3) is 4.05. The van der Waals surface area contributed by atoms with Crippen LogP contribution in [0, 0.1) is 11.7 Å². The summed E-state index contributed by atoms with van der Waals surface area (Å²) in [7, 11) is 0. The minimum Gasteiger partial charge on any atom is -0.381 e. The number of benzene rings is 2. The molecule has 7 heteroatoms. The molecule has 1 aromatic heterocycles. The Morgan fingerprint density at radius 3 is 2.86 bits per heavy atom. The molecule has 1 aliphatic rings. The topological polar surface area (TPSA) is 93.0 Å². The number of imidazole rings is 1. The fraction of sp³-hybridized carbons (Fsp3) is 0.333. The van der Waals surface area contributed by atoms with Crippen LogP contribution in [-0.4, -0.2) is 35.1 Å². The first-order chi connectivity index (χ1) is 13.6. The van der Waals surface area contributed by atoms with Crippen molar-refractivity contribution in [2.75, 3.05) is 18.5 Å². The second-order valence-electron chi connectivity index (χ2n) is 7.15. The number of carbonyl (C=O) groups is 1. The van der Waals surface area contributed by atoms with Crippen molar-refractivity contribution in [3.8, 4) is 0 Å². The number of rotatable bonds is 5. The maximum absolute atomic E-state index is 13.9. The van der Waals surface area contributed by atoms with E-state index in [9.17, 15) is 9.18 Å². The van der Waals surface area contributed by atoms with Gasteiger partial charge in [-0.3, -0.25) is 4.79 Å². The van der Waals surface area contributed by atoms with Crippen molar-refractivity contribution < 1.29 is 13.9 Å². The Hall–Kier alpha value is -2.77. The summed E-state index contributed by atoms with van der Waals surface area (Å²) in [6.07, 6.45) is 1.97. The molecule has 1 fully saturated rings. The number of nitrogens with one attached hydrogen (secondary N) is 2. The number of carbonyl (C=O) groups excluding carboxylic acids is 1. The first kappa shape index (κ1) is 18.6. The number of anilines is 1. The number of nitrogens with two attached hydrogens (primary N) is 1. The summed E-state index contributed by atoms with van der Waals surface area (Å²) in [5.74, 6) is 0.356. The quantitative estimate of drug-likeness (QED) is 0.632. The van der Waals surface area contributed by atoms with E-state index in [0.717, 1.165) is 23.9 Å². The molecule has 1 saturated heterocycles. The Balaban J connectivity index is 1.47. The molecule has 0 bridgehead atoms. The largest absolute Gasteiger partial charge is 0.381 e. The molecule has 0 radical (unpaired) electrons. The van der Waals surface area contributed by atoms with Gasteiger partial charge in [-0.05, 0) is 48.6 Å². The molecule has 0 spiro atoms. The Morgan fingerprint density at radius 2 is 2.07 bits per heavy atom. The molecule has 4 N–H and O–H groups in total. The van der Waals surface area contributed by atoms with Gasteiger partial charge in [0.2, 0.25) is 5.91 Å². The summed E-state index contributed by atoms with van der Waals surface area (Å²) >= 11 is 0. The van der Waals surface area contributed by atoms with Crippen molar-refractivity contribution in [2.24, 2.45) is 11.7 Å². The van der Waals surface area contributed by atoms with Crippen LogP contribution < -0.4 is 11.1 Å². The molecule has 1 aliphatic heterocycles. The second kappa shape index (κ2) is 8.08. The van der Waals surface area contributed by atoms with Crippen molar-refractivity contribution in [3.63, 3.8) is 0 Å². The first-order valence-corrected chi connectivity index (χ1v) is 9.46. The number of H-pyrrole nitrogens is 1. The van der Waals surface area contributed by atoms with Crippen LogP contribution in [0.2, 0.25) is 0 Å². The summed E-state index contributed by atoms with van der Waals surface area (Å²) in [6.45, 7) is 1.30. The van der Waals surface area contributed by atoms with Crippen molar-refractivity contribution >= 4 is 22.6 Å². The maximum atomic E-state index is 13.9. The van der Waals surface area contributed by atoms with Crippen LogP contribution in [0.15, 0.2) is 42.5 Å². The van der Waals surface area contributed by atoms with Gasteiger partial charge >= 0.3 is 0 Å². The smallest absolute Gasteiger partial charge is 0.241 e. The van der Waals surface area contributed by atoms with E-state index < -0.39 is 6.04 Å². The lowest BCUT2D eigenvalue weighted by Crippen LogP contribution is -2.43. The van der Waals surface area contributed by atoms with E-state index in [1.807, 2.05) is 12.1 Å². The van der Waals surface area contributed by atoms with Crippen LogP contribution in [0.4, 0.5) is 10.1 Å². The van der Waals surface area contributed by atoms with E-state index >= 15 is 0 Å². The molecule has 0 saturated carbocycles. The second-order valence-corrected chi connectivity index (χ2v) is 7.15. The number of hydrogen-bond acceptors (Lipinski definition) is 4. The first-order valence-electron chi connectivity index (χ1n) is 9.46. The highest BCUT2D eigenvalue weighted by atomic mass is 19.1. The van der Waals surface area contributed by atoms with E-state index in [4.69, 9.17) is 10.5 Å². The lowest BCUT2D eigenvalue weighted by Gasteiger charge is -2.26. The lowest BCUT2D eigenvalue weighted by molar-refractivity contribution is -0.119. The number of aromatic nitrogens is 2. The average Bonchev–Trinajstić information content (AvgIpc) is 3.11. The molecule has 1 atom stereocenters. The molecule has 3 aromatic rings. The molecule has 4 rings (SSSR count). The Bertz CT molecular complexity index is 981. The summed E-state index contributed by atoms with van der Waals surface area (Å²) in [5, 5.41) is 2.89. The highest BCUT2D eigenvalue weighted by molar-refractivity contribution is 5.96. The maximum Gasteiger partial charge on any atom is 0.241 e. The van der Waals surface area contributed by atoms with Gasteiger partial charge in [-0.25, -0.2) is 9.37 Å². The van der Waals surface area contributed by atoms with Crippen LogP contribution in [-0.2, 0) is 16.0 Å². The van der Waals surface area contributed by atoms with Crippen LogP contribution in [0.3, 0.4) is 0 Å². The Morgan fingerprint density at radius 1 is 1.29 bits per heavy atom. The van der Waals surface area contributed by atoms with Gasteiger partial charge < -0.3 is 20.8 Å². The van der Waals surface area contributed by atoms with E-state index in [2.05, 4.69) is 15.3 Å². The number of amides is 1. The molecule has 1 unspecified atom stereocenters. The third-order valence-electron chi connectivity index (χ3n) is 5.19. The molecule has 0 aliphatic carbocycles. The number of ether oxygens (including phenoxy) is 1. The number of fused-ring (bicyclic) bond motifs is 1. The van der Waals surface area contributed by atoms with Crippen LogP contribution in [0.1, 0.15) is 24.2 Å². The minimum absolute atomic E-state index is 0.136. The van der Waals surface area contributed by atoms with E-state index in [1.54, 1.807) is 24.3 Å². The SMILES string of the molecule is NC(C(=O)Nc1ccc2nc(Cc3ccccc3F)[nH]c2c1)C1CCOCC1. The Kier molecular flexibility index (Phi) is 5.36. The average molecular weight is 382 g/mol. The zero-order valence-electron chi connectivity index (χ0n) is 15.5. The fourth-order valence-electron chi connectivity index (χ4n) is 3.56. The highest BCUT2D eigenvalue weighted by Crippen LogP contribution is 2.22. The van der Waals surface area contributed by atoms with Gasteiger partial charge in [0.25, 0.3) is 0 Å². The van der Waals surface area contributed by atoms with Crippen molar-refractivity contribution in [1.29, 1.82) is 0 Å². The third-order valence-corrected chi connectivity index (χ3v) is 5.19. The molecule has 6 nitrogen and oxygen atoms in total. The summed E-state index contributed by atoms with van der Waals surface area (Å²) in [5.41, 5.74) is 8.91. The van der Waals surface area contributed by atoms with Gasteiger partial charge in [-0.1, -0.05) is 18.2 Å². The Labute approximate surface area is 162 Å². The van der Waals surface area contributed by atoms with Gasteiger partial charge in [-0.15, -0.1) is 0 Å². The predicted octanol–water partition coefficient (Wildman–Crippen LogP) is 2.99. The standard InChI is InChI=1S/C21H23FN4O2/c22-16-4-2-1-3-14(16)11-19-25-17-6-5-15(12-18(17)26-19)24-21(27)20(23)13-7-9-28-10-8-13/h1-6,12-13,20H,7-11,23H2,(H,24,27)(H,25,26). The summed E-state index contributed by atoms with van der Waals surface area (Å²) in [6, 6.07) is 11.5. The van der Waals surface area contributed by atoms with Gasteiger partial charge in [0, 0.05) is 25.3 Å². The van der Waals surface area contributed by atoms with Crippen LogP contribution in [0.25, 0.3) is 11.0 Å². The molecule has 146 valence electrons. The molecule has 1 amide bonds. The predicted molar refractivity (Wildman–Crippen MR) is 105 cm³/mol. The zero-order chi connectivity index (χ0) is 19.5. The highest BCUT2D eigenvalue weighted by Gasteiger charge is 2.26. The van der Waals surface area contributed by atoms with Crippen molar-refractivity contribution in [2.45, 2.75) is 25.3 Å². The lowest BCUT2D eigenvalue weighted by atomic mass is 9.92. The van der Waals surface area contributed by atoms with Gasteiger partial charge in [0.1, 0.15) is 11.6 Å². The van der Waals surface area contributed by atoms with E-state index in [1.165, 1.54) is 6.07 Å².